The van der Waals surface area contributed by atoms with E-state index in [1.807, 2.05) is 0 Å². The molecule has 3 aliphatic heterocycles. The summed E-state index contributed by atoms with van der Waals surface area (Å²) in [5.74, 6) is -1.64. The van der Waals surface area contributed by atoms with E-state index in [0.29, 0.717) is 0 Å². The fraction of sp³-hybridized carbons (Fsp3) is 0.595. The van der Waals surface area contributed by atoms with Gasteiger partial charge in [-0.1, -0.05) is 4.98 Å². The van der Waals surface area contributed by atoms with Gasteiger partial charge in [-0.2, -0.15) is 13.6 Å². The number of H-pyrrole nitrogens is 2. The van der Waals surface area contributed by atoms with E-state index in [0.717, 1.165) is 30.7 Å². The normalized spacial score (nSPS) is 29.6. The lowest BCUT2D eigenvalue weighted by molar-refractivity contribution is -0.745. The van der Waals surface area contributed by atoms with Crippen molar-refractivity contribution in [2.75, 3.05) is 50.7 Å². The van der Waals surface area contributed by atoms with Gasteiger partial charge in [0, 0.05) is 19.6 Å². The van der Waals surface area contributed by atoms with Gasteiger partial charge in [-0.3, -0.25) is 42.3 Å². The number of aliphatic hydroxyl groups is 3. The number of phosphoric ester groups is 2. The molecule has 14 N–H and O–H groups in total. The molecule has 0 spiro atoms. The van der Waals surface area contributed by atoms with Gasteiger partial charge in [-0.05, 0) is 20.3 Å². The molecule has 6 aromatic heterocycles. The molecule has 16 atom stereocenters. The van der Waals surface area contributed by atoms with Gasteiger partial charge in [0.25, 0.3) is 17.1 Å². The molecule has 0 aromatic carbocycles. The van der Waals surface area contributed by atoms with Crippen LogP contribution < -0.4 is 37.8 Å². The summed E-state index contributed by atoms with van der Waals surface area (Å²) < 4.78 is 112. The Hall–Kier alpha value is -5.11. The molecule has 3 saturated heterocycles. The second-order valence-electron chi connectivity index (χ2n) is 18.3. The number of fused-ring (bicyclic) bond motifs is 3. The zero-order chi connectivity index (χ0) is 57.3. The largest absolute Gasteiger partial charge is 0.778 e. The Morgan fingerprint density at radius 1 is 0.759 bits per heavy atom. The number of aromatic amines is 2. The average molecular weight is 1200 g/mol. The van der Waals surface area contributed by atoms with Gasteiger partial charge in [0.15, 0.2) is 41.4 Å². The Morgan fingerprint density at radius 2 is 1.37 bits per heavy atom. The van der Waals surface area contributed by atoms with Crippen molar-refractivity contribution in [2.24, 2.45) is 13.0 Å². The third-order valence-electron chi connectivity index (χ3n) is 12.8. The van der Waals surface area contributed by atoms with Gasteiger partial charge in [0.1, 0.15) is 50.0 Å². The van der Waals surface area contributed by atoms with Crippen LogP contribution in [-0.4, -0.2) is 172 Å². The number of nitrogens with zero attached hydrogens (tertiary/aromatic N) is 10. The highest BCUT2D eigenvalue weighted by atomic mass is 31.3. The highest BCUT2D eigenvalue weighted by Gasteiger charge is 2.55. The molecule has 3 aliphatic rings. The van der Waals surface area contributed by atoms with Crippen molar-refractivity contribution in [3.63, 3.8) is 0 Å². The van der Waals surface area contributed by atoms with E-state index in [9.17, 15) is 62.7 Å². The number of methoxy groups -OCH3 is 1. The Labute approximate surface area is 441 Å². The van der Waals surface area contributed by atoms with Crippen LogP contribution in [0.5, 0.6) is 0 Å². The van der Waals surface area contributed by atoms with Crippen LogP contribution >= 0.6 is 31.1 Å². The fourth-order valence-electron chi connectivity index (χ4n) is 9.36. The second kappa shape index (κ2) is 22.3. The molecule has 3 fully saturated rings. The molecule has 9 rings (SSSR count). The molecule has 0 radical (unpaired) electrons. The fourth-order valence-corrected chi connectivity index (χ4v) is 14.6. The van der Waals surface area contributed by atoms with Crippen LogP contribution in [0.1, 0.15) is 39.0 Å². The zero-order valence-corrected chi connectivity index (χ0v) is 45.0. The number of ether oxygens (including phenoxy) is 5. The third-order valence-corrected chi connectivity index (χ3v) is 18.9. The number of hydrogen-bond acceptors (Lipinski definition) is 29. The number of aromatic nitrogens is 12. The van der Waals surface area contributed by atoms with Crippen molar-refractivity contribution in [1.29, 1.82) is 0 Å². The van der Waals surface area contributed by atoms with E-state index in [1.165, 1.54) is 27.1 Å². The minimum absolute atomic E-state index is 0.00787. The van der Waals surface area contributed by atoms with Crippen LogP contribution in [0, 0.1) is 5.92 Å². The molecule has 0 amide bonds. The molecule has 79 heavy (non-hydrogen) atoms. The molecule has 38 nitrogen and oxygen atoms in total. The Kier molecular flexibility index (Phi) is 16.5. The predicted octanol–water partition coefficient (Wildman–Crippen LogP) is -3.20. The number of rotatable bonds is 22. The summed E-state index contributed by atoms with van der Waals surface area (Å²) in [4.78, 5) is 100. The van der Waals surface area contributed by atoms with Crippen molar-refractivity contribution in [1.82, 2.24) is 53.6 Å². The third kappa shape index (κ3) is 12.0. The number of aryl methyl sites for hydroxylation is 1. The lowest BCUT2D eigenvalue weighted by Crippen LogP contribution is -2.45. The van der Waals surface area contributed by atoms with Crippen LogP contribution in [0.15, 0.2) is 34.9 Å². The first-order valence-corrected chi connectivity index (χ1v) is 29.4. The average Bonchev–Trinajstić information content (AvgIpc) is 4.43. The lowest BCUT2D eigenvalue weighted by atomic mass is 9.95. The number of nitrogen functional groups attached to an aromatic ring is 3. The summed E-state index contributed by atoms with van der Waals surface area (Å²) in [6.45, 7) is 0.241. The minimum atomic E-state index is -6.22. The lowest BCUT2D eigenvalue weighted by Gasteiger charge is -2.35. The first kappa shape index (κ1) is 58.5. The maximum Gasteiger partial charge on any atom is 0.490 e. The number of anilines is 3. The summed E-state index contributed by atoms with van der Waals surface area (Å²) in [5, 5.41) is 33.5. The first-order chi connectivity index (χ1) is 37.1. The molecule has 9 heterocycles. The van der Waals surface area contributed by atoms with Crippen molar-refractivity contribution in [3.05, 3.63) is 46.0 Å². The Balaban J connectivity index is 0.891. The molecular formula is C37H53N15O23P4. The molecule has 4 unspecified atom stereocenters. The molecule has 0 bridgehead atoms. The SMILES string of the molecule is CO[C@@H]1[C@H](P(=O)([O-])OC[C@H]2O[C@@H](n3cnc4c(=O)[nH]c(N)nc43)[C@H](O)[C@@H]2O)[C@@H](COP(=O)(O)OP(=O)(O)OP(=O)(O)OC[C@H]2O[C@@H]([n+]3cn(C)c4c(=O)[nH]c(N)nc43)[C@H](O)[C@@H]2CCOC(C)C)O[C@H]1n1cnc2c(N)ncnc21. The monoisotopic (exact) mass is 1200 g/mol. The minimum Gasteiger partial charge on any atom is -0.778 e. The standard InChI is InChI=1S/C37H53N15O23P4/c1-14(2)67-6-5-15-16(71-33(22(15)53)52-13-49(3)21-30(52)46-37(40)48-32(21)57)7-69-77(60,61)74-79(64,65)75-78(62,63)70-9-18-26(25(66-4)35(73-18)50-11-43-19-27(38)41-10-42-28(19)50)76(58,59)68-8-17-23(54)24(55)34(72-17)51-12-44-20-29(51)45-36(39)47-31(20)56/h10-18,22-26,33-35,53-55H,5-9H2,1-4H3,(H11-,38,39,40,41,42,45,46,47,48,56,57,58,59,60,61,62,63,64,65)/t15-,16-,17-,18-,22-,23-,24-,25-,26-,33-,34-,35-/m1/s1. The van der Waals surface area contributed by atoms with Crippen LogP contribution in [0.4, 0.5) is 17.7 Å². The van der Waals surface area contributed by atoms with Crippen molar-refractivity contribution >= 4 is 82.3 Å². The van der Waals surface area contributed by atoms with E-state index in [2.05, 4.69) is 48.5 Å². The van der Waals surface area contributed by atoms with Gasteiger partial charge >= 0.3 is 29.1 Å². The summed E-state index contributed by atoms with van der Waals surface area (Å²) in [6, 6.07) is 0. The van der Waals surface area contributed by atoms with Crippen molar-refractivity contribution in [3.8, 4) is 0 Å². The highest BCUT2D eigenvalue weighted by molar-refractivity contribution is 7.66. The van der Waals surface area contributed by atoms with Gasteiger partial charge in [0.2, 0.25) is 17.7 Å². The van der Waals surface area contributed by atoms with Crippen LogP contribution in [0.25, 0.3) is 33.5 Å². The van der Waals surface area contributed by atoms with E-state index < -0.39 is 135 Å². The van der Waals surface area contributed by atoms with E-state index >= 15 is 0 Å². The molecule has 0 saturated carbocycles. The number of hydrogen-bond donors (Lipinski definition) is 11. The number of phosphoric acid groups is 3. The number of imidazole rings is 3. The Bertz CT molecular complexity index is 3560. The van der Waals surface area contributed by atoms with Crippen LogP contribution in [-0.2, 0) is 71.2 Å². The number of nitrogens with two attached hydrogens (primary N) is 3. The summed E-state index contributed by atoms with van der Waals surface area (Å²) in [5.41, 5.74) is 13.7. The summed E-state index contributed by atoms with van der Waals surface area (Å²) in [6.07, 6.45) is -11.6. The molecule has 42 heteroatoms. The highest BCUT2D eigenvalue weighted by Crippen LogP contribution is 2.68. The van der Waals surface area contributed by atoms with E-state index in [4.69, 9.17) is 54.5 Å². The summed E-state index contributed by atoms with van der Waals surface area (Å²) in [7, 11) is -21.0. The predicted molar refractivity (Wildman–Crippen MR) is 259 cm³/mol. The van der Waals surface area contributed by atoms with Gasteiger partial charge < -0.3 is 84.9 Å². The Morgan fingerprint density at radius 3 is 2.04 bits per heavy atom. The van der Waals surface area contributed by atoms with Gasteiger partial charge in [-0.25, -0.2) is 38.2 Å². The van der Waals surface area contributed by atoms with Crippen molar-refractivity contribution < 1.29 is 104 Å². The number of nitrogens with one attached hydrogen (secondary N) is 2. The van der Waals surface area contributed by atoms with Crippen LogP contribution in [0.3, 0.4) is 0 Å². The van der Waals surface area contributed by atoms with Crippen molar-refractivity contribution in [2.45, 2.75) is 93.4 Å². The van der Waals surface area contributed by atoms with Gasteiger partial charge in [-0.15, -0.1) is 0 Å². The number of aliphatic hydroxyl groups excluding tert-OH is 3. The second-order valence-corrected chi connectivity index (χ2v) is 24.9. The molecule has 0 aliphatic carbocycles. The molecule has 6 aromatic rings. The summed E-state index contributed by atoms with van der Waals surface area (Å²) >= 11 is 0. The maximum absolute atomic E-state index is 14.4. The van der Waals surface area contributed by atoms with Crippen LogP contribution in [0.2, 0.25) is 0 Å². The van der Waals surface area contributed by atoms with E-state index in [-0.39, 0.29) is 70.3 Å². The zero-order valence-electron chi connectivity index (χ0n) is 41.5. The topological polar surface area (TPSA) is 545 Å². The van der Waals surface area contributed by atoms with Gasteiger partial charge in [0.05, 0.1) is 63.5 Å². The maximum atomic E-state index is 14.4. The van der Waals surface area contributed by atoms with E-state index in [1.54, 1.807) is 13.8 Å². The first-order valence-electron chi connectivity index (χ1n) is 23.3. The quantitative estimate of drug-likeness (QED) is 0.0235. The molecular weight excluding hydrogens is 1150 g/mol. The smallest absolute Gasteiger partial charge is 0.490 e. The molecule has 434 valence electrons.